The molecule has 120 valence electrons. The fourth-order valence-corrected chi connectivity index (χ4v) is 2.12. The van der Waals surface area contributed by atoms with Gasteiger partial charge in [0.25, 0.3) is 5.91 Å². The van der Waals surface area contributed by atoms with Gasteiger partial charge in [-0.1, -0.05) is 12.1 Å². The van der Waals surface area contributed by atoms with Crippen LogP contribution in [0.4, 0.5) is 15.8 Å². The van der Waals surface area contributed by atoms with Crippen LogP contribution in [0, 0.1) is 5.82 Å². The average Bonchev–Trinajstić information content (AvgIpc) is 2.63. The third kappa shape index (κ3) is 3.92. The van der Waals surface area contributed by atoms with Crippen molar-refractivity contribution in [1.29, 1.82) is 0 Å². The third-order valence-electron chi connectivity index (χ3n) is 3.35. The predicted molar refractivity (Wildman–Crippen MR) is 89.3 cm³/mol. The molecule has 0 fully saturated rings. The molecule has 24 heavy (non-hydrogen) atoms. The number of nitrogens with one attached hydrogen (secondary N) is 2. The number of hydrogen-bond donors (Lipinski definition) is 2. The van der Waals surface area contributed by atoms with E-state index in [4.69, 9.17) is 0 Å². The maximum atomic E-state index is 13.7. The van der Waals surface area contributed by atoms with Gasteiger partial charge in [0.2, 0.25) is 0 Å². The number of benzene rings is 1. The lowest BCUT2D eigenvalue weighted by Gasteiger charge is -2.09. The van der Waals surface area contributed by atoms with Gasteiger partial charge in [0.1, 0.15) is 11.5 Å². The van der Waals surface area contributed by atoms with E-state index in [1.165, 1.54) is 12.3 Å². The van der Waals surface area contributed by atoms with Gasteiger partial charge in [-0.2, -0.15) is 0 Å². The number of aromatic nitrogens is 2. The summed E-state index contributed by atoms with van der Waals surface area (Å²) >= 11 is 0. The Labute approximate surface area is 138 Å². The van der Waals surface area contributed by atoms with Crippen molar-refractivity contribution in [3.63, 3.8) is 0 Å². The van der Waals surface area contributed by atoms with E-state index in [9.17, 15) is 9.18 Å². The summed E-state index contributed by atoms with van der Waals surface area (Å²) in [6.45, 7) is 0.383. The number of carbonyl (C=O) groups is 1. The summed E-state index contributed by atoms with van der Waals surface area (Å²) in [6.07, 6.45) is 4.84. The highest BCUT2D eigenvalue weighted by Crippen LogP contribution is 2.19. The number of para-hydroxylation sites is 1. The molecule has 1 amide bonds. The summed E-state index contributed by atoms with van der Waals surface area (Å²) in [5.74, 6) is -0.665. The van der Waals surface area contributed by atoms with Gasteiger partial charge >= 0.3 is 0 Å². The summed E-state index contributed by atoms with van der Waals surface area (Å²) in [6, 6.07) is 13.2. The molecule has 0 spiro atoms. The average molecular weight is 322 g/mol. The van der Waals surface area contributed by atoms with E-state index >= 15 is 0 Å². The van der Waals surface area contributed by atoms with Gasteiger partial charge in [0.05, 0.1) is 5.69 Å². The van der Waals surface area contributed by atoms with Gasteiger partial charge in [0, 0.05) is 30.8 Å². The van der Waals surface area contributed by atoms with Crippen LogP contribution in [0.5, 0.6) is 0 Å². The second kappa shape index (κ2) is 7.32. The number of nitrogens with zero attached hydrogens (tertiary/aromatic N) is 2. The maximum Gasteiger partial charge on any atom is 0.270 e. The van der Waals surface area contributed by atoms with Crippen LogP contribution in [-0.2, 0) is 6.54 Å². The number of hydrogen-bond acceptors (Lipinski definition) is 4. The maximum absolute atomic E-state index is 13.7. The van der Waals surface area contributed by atoms with E-state index in [1.54, 1.807) is 42.7 Å². The summed E-state index contributed by atoms with van der Waals surface area (Å²) in [4.78, 5) is 20.2. The zero-order chi connectivity index (χ0) is 16.8. The molecular formula is C18H15FN4O. The Kier molecular flexibility index (Phi) is 4.76. The number of anilines is 2. The van der Waals surface area contributed by atoms with Crippen molar-refractivity contribution in [2.75, 3.05) is 5.32 Å². The number of halogens is 1. The van der Waals surface area contributed by atoms with Crippen molar-refractivity contribution in [2.24, 2.45) is 0 Å². The second-order valence-electron chi connectivity index (χ2n) is 5.07. The fourth-order valence-electron chi connectivity index (χ4n) is 2.12. The lowest BCUT2D eigenvalue weighted by molar-refractivity contribution is 0.0946. The number of amides is 1. The van der Waals surface area contributed by atoms with Crippen molar-refractivity contribution < 1.29 is 9.18 Å². The smallest absolute Gasteiger partial charge is 0.270 e. The Morgan fingerprint density at radius 1 is 1.04 bits per heavy atom. The van der Waals surface area contributed by atoms with Crippen molar-refractivity contribution in [1.82, 2.24) is 15.3 Å². The molecule has 0 aliphatic heterocycles. The minimum atomic E-state index is -0.363. The summed E-state index contributed by atoms with van der Waals surface area (Å²) in [5, 5.41) is 5.72. The van der Waals surface area contributed by atoms with Gasteiger partial charge in [-0.25, -0.2) is 4.39 Å². The molecule has 0 bridgehead atoms. The zero-order valence-corrected chi connectivity index (χ0v) is 12.7. The van der Waals surface area contributed by atoms with Crippen LogP contribution in [0.25, 0.3) is 0 Å². The monoisotopic (exact) mass is 322 g/mol. The van der Waals surface area contributed by atoms with Crippen molar-refractivity contribution in [2.45, 2.75) is 6.54 Å². The highest BCUT2D eigenvalue weighted by atomic mass is 19.1. The molecule has 2 aromatic heterocycles. The van der Waals surface area contributed by atoms with E-state index in [-0.39, 0.29) is 17.4 Å². The van der Waals surface area contributed by atoms with E-state index in [1.807, 2.05) is 12.1 Å². The molecule has 0 aliphatic rings. The topological polar surface area (TPSA) is 66.9 Å². The standard InChI is InChI=1S/C18H15FN4O/c19-15-3-1-2-4-16(15)23-14-7-10-21-17(11-14)18(24)22-12-13-5-8-20-9-6-13/h1-11H,12H2,(H,21,23)(H,22,24). The van der Waals surface area contributed by atoms with Gasteiger partial charge in [-0.3, -0.25) is 14.8 Å². The Morgan fingerprint density at radius 3 is 2.62 bits per heavy atom. The Balaban J connectivity index is 1.68. The summed E-state index contributed by atoms with van der Waals surface area (Å²) < 4.78 is 13.7. The van der Waals surface area contributed by atoms with E-state index in [0.717, 1.165) is 5.56 Å². The highest BCUT2D eigenvalue weighted by molar-refractivity contribution is 5.93. The van der Waals surface area contributed by atoms with Gasteiger partial charge in [0.15, 0.2) is 0 Å². The lowest BCUT2D eigenvalue weighted by Crippen LogP contribution is -2.23. The molecule has 3 rings (SSSR count). The number of carbonyl (C=O) groups excluding carboxylic acids is 1. The van der Waals surface area contributed by atoms with Crippen molar-refractivity contribution in [3.8, 4) is 0 Å². The molecule has 0 atom stereocenters. The first-order chi connectivity index (χ1) is 11.7. The molecule has 0 radical (unpaired) electrons. The first kappa shape index (κ1) is 15.6. The largest absolute Gasteiger partial charge is 0.353 e. The first-order valence-corrected chi connectivity index (χ1v) is 7.37. The van der Waals surface area contributed by atoms with Crippen molar-refractivity contribution >= 4 is 17.3 Å². The first-order valence-electron chi connectivity index (χ1n) is 7.37. The van der Waals surface area contributed by atoms with E-state index in [2.05, 4.69) is 20.6 Å². The van der Waals surface area contributed by atoms with Crippen LogP contribution in [-0.4, -0.2) is 15.9 Å². The fraction of sp³-hybridized carbons (Fsp3) is 0.0556. The molecule has 2 heterocycles. The lowest BCUT2D eigenvalue weighted by atomic mass is 10.2. The van der Waals surface area contributed by atoms with Gasteiger partial charge in [-0.15, -0.1) is 0 Å². The van der Waals surface area contributed by atoms with Crippen molar-refractivity contribution in [3.05, 3.63) is 84.2 Å². The SMILES string of the molecule is O=C(NCc1ccncc1)c1cc(Nc2ccccc2F)ccn1. The van der Waals surface area contributed by atoms with Crippen LogP contribution in [0.2, 0.25) is 0 Å². The molecule has 2 N–H and O–H groups in total. The van der Waals surface area contributed by atoms with Gasteiger partial charge in [-0.05, 0) is 42.0 Å². The summed E-state index contributed by atoms with van der Waals surface area (Å²) in [7, 11) is 0. The van der Waals surface area contributed by atoms with Crippen LogP contribution >= 0.6 is 0 Å². The molecule has 0 aliphatic carbocycles. The Bertz CT molecular complexity index is 839. The minimum Gasteiger partial charge on any atom is -0.353 e. The van der Waals surface area contributed by atoms with Crippen LogP contribution < -0.4 is 10.6 Å². The zero-order valence-electron chi connectivity index (χ0n) is 12.7. The Morgan fingerprint density at radius 2 is 1.83 bits per heavy atom. The van der Waals surface area contributed by atoms with E-state index in [0.29, 0.717) is 17.9 Å². The Hall–Kier alpha value is -3.28. The molecule has 1 aromatic carbocycles. The quantitative estimate of drug-likeness (QED) is 0.756. The molecular weight excluding hydrogens is 307 g/mol. The van der Waals surface area contributed by atoms with E-state index < -0.39 is 0 Å². The second-order valence-corrected chi connectivity index (χ2v) is 5.07. The van der Waals surface area contributed by atoms with Gasteiger partial charge < -0.3 is 10.6 Å². The molecule has 0 saturated carbocycles. The number of rotatable bonds is 5. The predicted octanol–water partition coefficient (Wildman–Crippen LogP) is 3.29. The van der Waals surface area contributed by atoms with Crippen LogP contribution in [0.15, 0.2) is 67.1 Å². The molecule has 3 aromatic rings. The minimum absolute atomic E-state index is 0.255. The summed E-state index contributed by atoms with van der Waals surface area (Å²) in [5.41, 5.74) is 2.13. The molecule has 6 heteroatoms. The van der Waals surface area contributed by atoms with Crippen LogP contribution in [0.1, 0.15) is 16.1 Å². The third-order valence-corrected chi connectivity index (χ3v) is 3.35. The number of pyridine rings is 2. The normalized spacial score (nSPS) is 10.2. The molecule has 0 unspecified atom stereocenters. The highest BCUT2D eigenvalue weighted by Gasteiger charge is 2.09. The van der Waals surface area contributed by atoms with Crippen LogP contribution in [0.3, 0.4) is 0 Å². The molecule has 5 nitrogen and oxygen atoms in total. The molecule has 0 saturated heterocycles.